The molecule has 5 heteroatoms. The zero-order chi connectivity index (χ0) is 15.1. The number of aromatic nitrogens is 1. The van der Waals surface area contributed by atoms with Crippen LogP contribution in [-0.2, 0) is 20.7 Å². The van der Waals surface area contributed by atoms with Gasteiger partial charge in [-0.2, -0.15) is 0 Å². The Bertz CT molecular complexity index is 482. The number of hydrogen-bond donors (Lipinski definition) is 1. The standard InChI is InChI=1S/C16H22N2O3/c1-21-15(20)16(7-3-2-4-8-16)12-18-14(19)10-13-6-5-9-17-11-13/h5-6,9,11H,2-4,7-8,10,12H2,1H3,(H,18,19). The van der Waals surface area contributed by atoms with E-state index in [1.807, 2.05) is 6.07 Å². The summed E-state index contributed by atoms with van der Waals surface area (Å²) in [4.78, 5) is 28.1. The Morgan fingerprint density at radius 3 is 2.71 bits per heavy atom. The molecule has 0 atom stereocenters. The maximum atomic E-state index is 12.1. The van der Waals surface area contributed by atoms with Crippen molar-refractivity contribution in [2.45, 2.75) is 38.5 Å². The largest absolute Gasteiger partial charge is 0.469 e. The summed E-state index contributed by atoms with van der Waals surface area (Å²) in [6.07, 6.45) is 8.36. The van der Waals surface area contributed by atoms with Crippen LogP contribution in [0.5, 0.6) is 0 Å². The van der Waals surface area contributed by atoms with Gasteiger partial charge in [0.15, 0.2) is 0 Å². The smallest absolute Gasteiger partial charge is 0.313 e. The molecule has 114 valence electrons. The zero-order valence-corrected chi connectivity index (χ0v) is 12.4. The monoisotopic (exact) mass is 290 g/mol. The Labute approximate surface area is 125 Å². The summed E-state index contributed by atoms with van der Waals surface area (Å²) in [5, 5.41) is 2.89. The lowest BCUT2D eigenvalue weighted by Crippen LogP contribution is -2.45. The number of esters is 1. The number of rotatable bonds is 5. The molecule has 0 aliphatic heterocycles. The second-order valence-corrected chi connectivity index (χ2v) is 5.65. The van der Waals surface area contributed by atoms with Gasteiger partial charge in [0.1, 0.15) is 0 Å². The van der Waals surface area contributed by atoms with E-state index in [-0.39, 0.29) is 18.3 Å². The molecule has 0 spiro atoms. The summed E-state index contributed by atoms with van der Waals surface area (Å²) < 4.78 is 4.94. The molecule has 0 saturated heterocycles. The fourth-order valence-corrected chi connectivity index (χ4v) is 2.92. The molecule has 0 unspecified atom stereocenters. The topological polar surface area (TPSA) is 68.3 Å². The van der Waals surface area contributed by atoms with Crippen LogP contribution in [0.15, 0.2) is 24.5 Å². The Hall–Kier alpha value is -1.91. The summed E-state index contributed by atoms with van der Waals surface area (Å²) in [6.45, 7) is 0.360. The van der Waals surface area contributed by atoms with Gasteiger partial charge < -0.3 is 10.1 Å². The van der Waals surface area contributed by atoms with E-state index in [4.69, 9.17) is 4.74 Å². The number of methoxy groups -OCH3 is 1. The third kappa shape index (κ3) is 4.03. The lowest BCUT2D eigenvalue weighted by atomic mass is 9.74. The molecule has 1 saturated carbocycles. The Balaban J connectivity index is 1.92. The highest BCUT2D eigenvalue weighted by Gasteiger charge is 2.40. The number of ether oxygens (including phenoxy) is 1. The first-order chi connectivity index (χ1) is 10.2. The van der Waals surface area contributed by atoms with Crippen molar-refractivity contribution in [2.75, 3.05) is 13.7 Å². The average molecular weight is 290 g/mol. The van der Waals surface area contributed by atoms with Crippen molar-refractivity contribution in [1.82, 2.24) is 10.3 Å². The first kappa shape index (κ1) is 15.5. The summed E-state index contributed by atoms with van der Waals surface area (Å²) in [6, 6.07) is 3.67. The van der Waals surface area contributed by atoms with E-state index in [1.54, 1.807) is 18.5 Å². The first-order valence-electron chi connectivity index (χ1n) is 7.40. The number of carbonyl (C=O) groups excluding carboxylic acids is 2. The normalized spacial score (nSPS) is 17.0. The first-order valence-corrected chi connectivity index (χ1v) is 7.40. The molecule has 1 fully saturated rings. The molecule has 1 amide bonds. The molecule has 5 nitrogen and oxygen atoms in total. The molecule has 1 aromatic rings. The van der Waals surface area contributed by atoms with Gasteiger partial charge in [-0.1, -0.05) is 25.3 Å². The van der Waals surface area contributed by atoms with Gasteiger partial charge >= 0.3 is 5.97 Å². The van der Waals surface area contributed by atoms with Crippen LogP contribution in [0.25, 0.3) is 0 Å². The molecule has 1 N–H and O–H groups in total. The Morgan fingerprint density at radius 1 is 1.33 bits per heavy atom. The van der Waals surface area contributed by atoms with E-state index < -0.39 is 5.41 Å². The number of nitrogens with zero attached hydrogens (tertiary/aromatic N) is 1. The van der Waals surface area contributed by atoms with E-state index in [0.717, 1.165) is 37.7 Å². The van der Waals surface area contributed by atoms with Crippen molar-refractivity contribution in [3.8, 4) is 0 Å². The van der Waals surface area contributed by atoms with E-state index in [1.165, 1.54) is 7.11 Å². The molecule has 1 aromatic heterocycles. The summed E-state index contributed by atoms with van der Waals surface area (Å²) in [5.74, 6) is -0.291. The lowest BCUT2D eigenvalue weighted by Gasteiger charge is -2.34. The zero-order valence-electron chi connectivity index (χ0n) is 12.4. The predicted molar refractivity (Wildman–Crippen MR) is 78.5 cm³/mol. The molecule has 1 aliphatic rings. The number of pyridine rings is 1. The second kappa shape index (κ2) is 7.20. The highest BCUT2D eigenvalue weighted by molar-refractivity contribution is 5.81. The van der Waals surface area contributed by atoms with Gasteiger partial charge in [-0.05, 0) is 24.5 Å². The van der Waals surface area contributed by atoms with Crippen LogP contribution in [0.4, 0.5) is 0 Å². The summed E-state index contributed by atoms with van der Waals surface area (Å²) in [7, 11) is 1.41. The number of amides is 1. The van der Waals surface area contributed by atoms with Crippen molar-refractivity contribution < 1.29 is 14.3 Å². The van der Waals surface area contributed by atoms with Crippen LogP contribution >= 0.6 is 0 Å². The third-order valence-electron chi connectivity index (χ3n) is 4.14. The third-order valence-corrected chi connectivity index (χ3v) is 4.14. The van der Waals surface area contributed by atoms with E-state index in [9.17, 15) is 9.59 Å². The number of carbonyl (C=O) groups is 2. The van der Waals surface area contributed by atoms with E-state index in [2.05, 4.69) is 10.3 Å². The number of nitrogens with one attached hydrogen (secondary N) is 1. The summed E-state index contributed by atoms with van der Waals surface area (Å²) in [5.41, 5.74) is 0.322. The molecular formula is C16H22N2O3. The second-order valence-electron chi connectivity index (χ2n) is 5.65. The van der Waals surface area contributed by atoms with Crippen LogP contribution in [0.3, 0.4) is 0 Å². The van der Waals surface area contributed by atoms with Crippen molar-refractivity contribution in [3.63, 3.8) is 0 Å². The minimum Gasteiger partial charge on any atom is -0.469 e. The molecular weight excluding hydrogens is 268 g/mol. The molecule has 21 heavy (non-hydrogen) atoms. The minimum atomic E-state index is -0.544. The van der Waals surface area contributed by atoms with Gasteiger partial charge in [0, 0.05) is 18.9 Å². The molecule has 1 aliphatic carbocycles. The minimum absolute atomic E-state index is 0.0862. The van der Waals surface area contributed by atoms with Crippen LogP contribution < -0.4 is 5.32 Å². The van der Waals surface area contributed by atoms with Gasteiger partial charge in [-0.15, -0.1) is 0 Å². The van der Waals surface area contributed by atoms with Gasteiger partial charge in [0.25, 0.3) is 0 Å². The maximum absolute atomic E-state index is 12.1. The highest BCUT2D eigenvalue weighted by Crippen LogP contribution is 2.36. The maximum Gasteiger partial charge on any atom is 0.313 e. The number of hydrogen-bond acceptors (Lipinski definition) is 4. The fraction of sp³-hybridized carbons (Fsp3) is 0.562. The predicted octanol–water partition coefficient (Wildman–Crippen LogP) is 1.86. The highest BCUT2D eigenvalue weighted by atomic mass is 16.5. The quantitative estimate of drug-likeness (QED) is 0.841. The Morgan fingerprint density at radius 2 is 2.10 bits per heavy atom. The van der Waals surface area contributed by atoms with Crippen LogP contribution in [-0.4, -0.2) is 30.5 Å². The van der Waals surface area contributed by atoms with Crippen LogP contribution in [0.1, 0.15) is 37.7 Å². The molecule has 0 bridgehead atoms. The van der Waals surface area contributed by atoms with Crippen molar-refractivity contribution in [1.29, 1.82) is 0 Å². The van der Waals surface area contributed by atoms with Gasteiger partial charge in [-0.3, -0.25) is 14.6 Å². The molecule has 2 rings (SSSR count). The van der Waals surface area contributed by atoms with Crippen molar-refractivity contribution in [2.24, 2.45) is 5.41 Å². The van der Waals surface area contributed by atoms with Crippen molar-refractivity contribution >= 4 is 11.9 Å². The average Bonchev–Trinajstić information content (AvgIpc) is 2.54. The van der Waals surface area contributed by atoms with Gasteiger partial charge in [-0.25, -0.2) is 0 Å². The van der Waals surface area contributed by atoms with Crippen molar-refractivity contribution in [3.05, 3.63) is 30.1 Å². The Kier molecular flexibility index (Phi) is 5.31. The molecule has 1 heterocycles. The van der Waals surface area contributed by atoms with E-state index >= 15 is 0 Å². The molecule has 0 aromatic carbocycles. The van der Waals surface area contributed by atoms with Gasteiger partial charge in [0.05, 0.1) is 18.9 Å². The lowest BCUT2D eigenvalue weighted by molar-refractivity contribution is -0.154. The fourth-order valence-electron chi connectivity index (χ4n) is 2.92. The summed E-state index contributed by atoms with van der Waals surface area (Å²) >= 11 is 0. The van der Waals surface area contributed by atoms with E-state index in [0.29, 0.717) is 6.54 Å². The van der Waals surface area contributed by atoms with Gasteiger partial charge in [0.2, 0.25) is 5.91 Å². The SMILES string of the molecule is COC(=O)C1(CNC(=O)Cc2cccnc2)CCCCC1. The molecule has 0 radical (unpaired) electrons. The van der Waals surface area contributed by atoms with Crippen LogP contribution in [0.2, 0.25) is 0 Å². The van der Waals surface area contributed by atoms with Crippen LogP contribution in [0, 0.1) is 5.41 Å².